The number of hydrogen-bond acceptors (Lipinski definition) is 2. The first-order valence-corrected chi connectivity index (χ1v) is 7.24. The Morgan fingerprint density at radius 2 is 2.21 bits per heavy atom. The first-order valence-electron chi connectivity index (χ1n) is 7.24. The second-order valence-corrected chi connectivity index (χ2v) is 5.49. The van der Waals surface area contributed by atoms with Crippen LogP contribution in [0.1, 0.15) is 37.3 Å². The maximum atomic E-state index is 12.0. The molecule has 2 N–H and O–H groups in total. The Morgan fingerprint density at radius 1 is 1.42 bits per heavy atom. The summed E-state index contributed by atoms with van der Waals surface area (Å²) in [6, 6.07) is 8.95. The van der Waals surface area contributed by atoms with Crippen LogP contribution in [-0.4, -0.2) is 24.5 Å². The molecule has 19 heavy (non-hydrogen) atoms. The SMILES string of the molecule is Cc1ccccc1CCC(=O)N[C@H]1CCCN[C@H]1C. The van der Waals surface area contributed by atoms with E-state index < -0.39 is 0 Å². The zero-order valence-electron chi connectivity index (χ0n) is 11.9. The highest BCUT2D eigenvalue weighted by Gasteiger charge is 2.21. The predicted molar refractivity (Wildman–Crippen MR) is 78.1 cm³/mol. The van der Waals surface area contributed by atoms with E-state index in [1.807, 2.05) is 12.1 Å². The zero-order chi connectivity index (χ0) is 13.7. The van der Waals surface area contributed by atoms with Crippen LogP contribution < -0.4 is 10.6 Å². The van der Waals surface area contributed by atoms with Crippen molar-refractivity contribution in [1.29, 1.82) is 0 Å². The van der Waals surface area contributed by atoms with Crippen LogP contribution in [0.15, 0.2) is 24.3 Å². The smallest absolute Gasteiger partial charge is 0.220 e. The Morgan fingerprint density at radius 3 is 2.95 bits per heavy atom. The van der Waals surface area contributed by atoms with E-state index >= 15 is 0 Å². The van der Waals surface area contributed by atoms with Gasteiger partial charge in [0.15, 0.2) is 0 Å². The summed E-state index contributed by atoms with van der Waals surface area (Å²) in [4.78, 5) is 12.0. The summed E-state index contributed by atoms with van der Waals surface area (Å²) in [5.74, 6) is 0.170. The van der Waals surface area contributed by atoms with Crippen molar-refractivity contribution in [1.82, 2.24) is 10.6 Å². The van der Waals surface area contributed by atoms with Crippen LogP contribution in [0.3, 0.4) is 0 Å². The highest BCUT2D eigenvalue weighted by Crippen LogP contribution is 2.11. The average Bonchev–Trinajstić information content (AvgIpc) is 2.40. The van der Waals surface area contributed by atoms with E-state index in [2.05, 4.69) is 36.6 Å². The standard InChI is InChI=1S/C16H24N2O/c1-12-6-3-4-7-14(12)9-10-16(19)18-15-8-5-11-17-13(15)2/h3-4,6-7,13,15,17H,5,8-11H2,1-2H3,(H,18,19)/t13-,15-/m0/s1. The Labute approximate surface area is 115 Å². The lowest BCUT2D eigenvalue weighted by Gasteiger charge is -2.30. The molecule has 0 spiro atoms. The van der Waals surface area contributed by atoms with Crippen LogP contribution in [0.2, 0.25) is 0 Å². The van der Waals surface area contributed by atoms with Gasteiger partial charge in [-0.15, -0.1) is 0 Å². The van der Waals surface area contributed by atoms with Crippen LogP contribution in [0, 0.1) is 6.92 Å². The van der Waals surface area contributed by atoms with Gasteiger partial charge < -0.3 is 10.6 Å². The quantitative estimate of drug-likeness (QED) is 0.871. The van der Waals surface area contributed by atoms with Gasteiger partial charge in [0.2, 0.25) is 5.91 Å². The fourth-order valence-corrected chi connectivity index (χ4v) is 2.66. The topological polar surface area (TPSA) is 41.1 Å². The summed E-state index contributed by atoms with van der Waals surface area (Å²) < 4.78 is 0. The summed E-state index contributed by atoms with van der Waals surface area (Å²) in [6.07, 6.45) is 3.64. The summed E-state index contributed by atoms with van der Waals surface area (Å²) >= 11 is 0. The normalized spacial score (nSPS) is 23.1. The Hall–Kier alpha value is -1.35. The molecule has 1 aliphatic heterocycles. The molecule has 2 atom stereocenters. The van der Waals surface area contributed by atoms with Gasteiger partial charge in [0.1, 0.15) is 0 Å². The molecular formula is C16H24N2O. The summed E-state index contributed by atoms with van der Waals surface area (Å²) in [5.41, 5.74) is 2.54. The monoisotopic (exact) mass is 260 g/mol. The van der Waals surface area contributed by atoms with Crippen LogP contribution in [-0.2, 0) is 11.2 Å². The molecule has 1 heterocycles. The molecule has 0 aliphatic carbocycles. The van der Waals surface area contributed by atoms with Gasteiger partial charge in [-0.3, -0.25) is 4.79 Å². The predicted octanol–water partition coefficient (Wildman–Crippen LogP) is 2.18. The first-order chi connectivity index (χ1) is 9.16. The third-order valence-electron chi connectivity index (χ3n) is 3.99. The molecular weight excluding hydrogens is 236 g/mol. The number of carbonyl (C=O) groups is 1. The molecule has 2 rings (SSSR count). The lowest BCUT2D eigenvalue weighted by Crippen LogP contribution is -2.51. The minimum Gasteiger partial charge on any atom is -0.352 e. The van der Waals surface area contributed by atoms with Gasteiger partial charge >= 0.3 is 0 Å². The Balaban J connectivity index is 1.80. The van der Waals surface area contributed by atoms with Crippen LogP contribution in [0.4, 0.5) is 0 Å². The van der Waals surface area contributed by atoms with Gasteiger partial charge in [0, 0.05) is 18.5 Å². The van der Waals surface area contributed by atoms with Crippen molar-refractivity contribution in [2.24, 2.45) is 0 Å². The number of carbonyl (C=O) groups excluding carboxylic acids is 1. The number of piperidine rings is 1. The highest BCUT2D eigenvalue weighted by molar-refractivity contribution is 5.76. The first kappa shape index (κ1) is 14.1. The summed E-state index contributed by atoms with van der Waals surface area (Å²) in [6.45, 7) is 5.31. The number of rotatable bonds is 4. The lowest BCUT2D eigenvalue weighted by molar-refractivity contribution is -0.122. The molecule has 0 unspecified atom stereocenters. The van der Waals surface area contributed by atoms with Gasteiger partial charge in [-0.2, -0.15) is 0 Å². The molecule has 0 aromatic heterocycles. The summed E-state index contributed by atoms with van der Waals surface area (Å²) in [7, 11) is 0. The van der Waals surface area contributed by atoms with Crippen molar-refractivity contribution in [3.05, 3.63) is 35.4 Å². The second kappa shape index (κ2) is 6.71. The molecule has 1 aliphatic rings. The molecule has 3 heteroatoms. The number of aryl methyl sites for hydroxylation is 2. The Kier molecular flexibility index (Phi) is 4.97. The lowest BCUT2D eigenvalue weighted by atomic mass is 9.99. The third-order valence-corrected chi connectivity index (χ3v) is 3.99. The van der Waals surface area contributed by atoms with Crippen LogP contribution in [0.25, 0.3) is 0 Å². The van der Waals surface area contributed by atoms with Crippen molar-refractivity contribution in [2.45, 2.75) is 51.6 Å². The summed E-state index contributed by atoms with van der Waals surface area (Å²) in [5, 5.41) is 6.56. The minimum atomic E-state index is 0.170. The molecule has 3 nitrogen and oxygen atoms in total. The van der Waals surface area contributed by atoms with E-state index in [1.54, 1.807) is 0 Å². The van der Waals surface area contributed by atoms with Crippen molar-refractivity contribution in [3.8, 4) is 0 Å². The van der Waals surface area contributed by atoms with E-state index in [1.165, 1.54) is 11.1 Å². The zero-order valence-corrected chi connectivity index (χ0v) is 11.9. The molecule has 1 amide bonds. The van der Waals surface area contributed by atoms with Gasteiger partial charge in [-0.1, -0.05) is 24.3 Å². The third kappa shape index (κ3) is 4.06. The van der Waals surface area contributed by atoms with Gasteiger partial charge in [0.05, 0.1) is 0 Å². The molecule has 1 saturated heterocycles. The molecule has 104 valence electrons. The minimum absolute atomic E-state index is 0.170. The maximum absolute atomic E-state index is 12.0. The van der Waals surface area contributed by atoms with Crippen molar-refractivity contribution in [2.75, 3.05) is 6.54 Å². The van der Waals surface area contributed by atoms with Crippen LogP contribution >= 0.6 is 0 Å². The van der Waals surface area contributed by atoms with Crippen molar-refractivity contribution in [3.63, 3.8) is 0 Å². The molecule has 0 radical (unpaired) electrons. The van der Waals surface area contributed by atoms with Gasteiger partial charge in [-0.05, 0) is 50.8 Å². The van der Waals surface area contributed by atoms with E-state index in [0.29, 0.717) is 12.5 Å². The second-order valence-electron chi connectivity index (χ2n) is 5.49. The molecule has 1 fully saturated rings. The van der Waals surface area contributed by atoms with Gasteiger partial charge in [-0.25, -0.2) is 0 Å². The molecule has 1 aromatic rings. The van der Waals surface area contributed by atoms with Crippen molar-refractivity contribution >= 4 is 5.91 Å². The number of benzene rings is 1. The van der Waals surface area contributed by atoms with E-state index in [-0.39, 0.29) is 11.9 Å². The number of hydrogen-bond donors (Lipinski definition) is 2. The molecule has 1 aromatic carbocycles. The maximum Gasteiger partial charge on any atom is 0.220 e. The molecule has 0 bridgehead atoms. The van der Waals surface area contributed by atoms with E-state index in [9.17, 15) is 4.79 Å². The highest BCUT2D eigenvalue weighted by atomic mass is 16.1. The van der Waals surface area contributed by atoms with Crippen molar-refractivity contribution < 1.29 is 4.79 Å². The average molecular weight is 260 g/mol. The van der Waals surface area contributed by atoms with Crippen LogP contribution in [0.5, 0.6) is 0 Å². The fraction of sp³-hybridized carbons (Fsp3) is 0.562. The largest absolute Gasteiger partial charge is 0.352 e. The number of amides is 1. The number of nitrogens with one attached hydrogen (secondary N) is 2. The molecule has 0 saturated carbocycles. The van der Waals surface area contributed by atoms with E-state index in [0.717, 1.165) is 25.8 Å². The van der Waals surface area contributed by atoms with E-state index in [4.69, 9.17) is 0 Å². The Bertz CT molecular complexity index is 431. The van der Waals surface area contributed by atoms with Gasteiger partial charge in [0.25, 0.3) is 0 Å². The fourth-order valence-electron chi connectivity index (χ4n) is 2.66.